The molecular formula is C14H24N2. The van der Waals surface area contributed by atoms with Crippen molar-refractivity contribution in [1.82, 2.24) is 0 Å². The average Bonchev–Trinajstić information content (AvgIpc) is 2.25. The largest absolute Gasteiger partial charge is 0.370 e. The van der Waals surface area contributed by atoms with Gasteiger partial charge < -0.3 is 10.6 Å². The maximum absolute atomic E-state index is 5.66. The number of nitrogens with zero attached hydrogens (tertiary/aromatic N) is 1. The fourth-order valence-corrected chi connectivity index (χ4v) is 1.70. The van der Waals surface area contributed by atoms with E-state index < -0.39 is 0 Å². The topological polar surface area (TPSA) is 29.3 Å². The molecule has 0 saturated heterocycles. The first-order valence-electron chi connectivity index (χ1n) is 6.15. The van der Waals surface area contributed by atoms with Crippen LogP contribution in [0.15, 0.2) is 24.3 Å². The van der Waals surface area contributed by atoms with Crippen molar-refractivity contribution >= 4 is 5.69 Å². The predicted octanol–water partition coefficient (Wildman–Crippen LogP) is 2.81. The minimum atomic E-state index is 0.714. The van der Waals surface area contributed by atoms with Gasteiger partial charge in [0.1, 0.15) is 0 Å². The number of hydrogen-bond acceptors (Lipinski definition) is 2. The maximum Gasteiger partial charge on any atom is 0.0366 e. The Morgan fingerprint density at radius 1 is 1.12 bits per heavy atom. The summed E-state index contributed by atoms with van der Waals surface area (Å²) >= 11 is 0. The molecule has 0 fully saturated rings. The highest BCUT2D eigenvalue weighted by Gasteiger charge is 2.06. The molecule has 2 N–H and O–H groups in total. The Hall–Kier alpha value is -1.02. The molecule has 0 amide bonds. The quantitative estimate of drug-likeness (QED) is 0.798. The Kier molecular flexibility index (Phi) is 5.33. The molecule has 0 saturated carbocycles. The van der Waals surface area contributed by atoms with Crippen LogP contribution < -0.4 is 10.6 Å². The average molecular weight is 220 g/mol. The first-order chi connectivity index (χ1) is 7.63. The van der Waals surface area contributed by atoms with Gasteiger partial charge in [0.2, 0.25) is 0 Å². The zero-order chi connectivity index (χ0) is 12.0. The normalized spacial score (nSPS) is 10.8. The molecule has 0 aromatic heterocycles. The van der Waals surface area contributed by atoms with Crippen LogP contribution in [0.1, 0.15) is 25.8 Å². The number of nitrogens with two attached hydrogens (primary N) is 1. The lowest BCUT2D eigenvalue weighted by atomic mass is 10.1. The van der Waals surface area contributed by atoms with E-state index in [9.17, 15) is 0 Å². The minimum Gasteiger partial charge on any atom is -0.370 e. The molecule has 1 aromatic rings. The minimum absolute atomic E-state index is 0.714. The van der Waals surface area contributed by atoms with E-state index in [0.717, 1.165) is 19.0 Å². The summed E-state index contributed by atoms with van der Waals surface area (Å²) in [7, 11) is 0. The van der Waals surface area contributed by atoms with E-state index in [0.29, 0.717) is 6.54 Å². The van der Waals surface area contributed by atoms with Crippen LogP contribution in [-0.2, 0) is 0 Å². The van der Waals surface area contributed by atoms with E-state index in [1.54, 1.807) is 0 Å². The summed E-state index contributed by atoms with van der Waals surface area (Å²) in [6, 6.07) is 8.69. The van der Waals surface area contributed by atoms with Crippen molar-refractivity contribution in [3.63, 3.8) is 0 Å². The predicted molar refractivity (Wildman–Crippen MR) is 71.9 cm³/mol. The van der Waals surface area contributed by atoms with Crippen LogP contribution in [0.4, 0.5) is 5.69 Å². The van der Waals surface area contributed by atoms with E-state index in [2.05, 4.69) is 49.9 Å². The summed E-state index contributed by atoms with van der Waals surface area (Å²) in [4.78, 5) is 2.37. The van der Waals surface area contributed by atoms with E-state index in [4.69, 9.17) is 5.73 Å². The summed E-state index contributed by atoms with van der Waals surface area (Å²) in [6.07, 6.45) is 1.22. The third kappa shape index (κ3) is 4.23. The Balaban J connectivity index is 2.64. The number of aryl methyl sites for hydroxylation is 1. The summed E-state index contributed by atoms with van der Waals surface area (Å²) in [5, 5.41) is 0. The fourth-order valence-electron chi connectivity index (χ4n) is 1.70. The van der Waals surface area contributed by atoms with Gasteiger partial charge in [-0.05, 0) is 31.4 Å². The van der Waals surface area contributed by atoms with Crippen molar-refractivity contribution in [2.45, 2.75) is 27.2 Å². The third-order valence-corrected chi connectivity index (χ3v) is 2.77. The van der Waals surface area contributed by atoms with Gasteiger partial charge in [-0.25, -0.2) is 0 Å². The molecule has 2 heteroatoms. The van der Waals surface area contributed by atoms with Crippen molar-refractivity contribution < 1.29 is 0 Å². The second-order valence-corrected chi connectivity index (χ2v) is 4.79. The Bertz CT molecular complexity index is 290. The number of anilines is 1. The van der Waals surface area contributed by atoms with Crippen LogP contribution in [0, 0.1) is 12.8 Å². The molecule has 16 heavy (non-hydrogen) atoms. The first kappa shape index (κ1) is 13.0. The van der Waals surface area contributed by atoms with Crippen LogP contribution in [0.3, 0.4) is 0 Å². The molecule has 0 aliphatic carbocycles. The van der Waals surface area contributed by atoms with Crippen LogP contribution in [0.2, 0.25) is 0 Å². The highest BCUT2D eigenvalue weighted by Crippen LogP contribution is 2.16. The van der Waals surface area contributed by atoms with Gasteiger partial charge in [0.25, 0.3) is 0 Å². The fraction of sp³-hybridized carbons (Fsp3) is 0.571. The second kappa shape index (κ2) is 6.54. The lowest BCUT2D eigenvalue weighted by Gasteiger charge is -2.25. The van der Waals surface area contributed by atoms with E-state index in [1.807, 2.05) is 0 Å². The zero-order valence-corrected chi connectivity index (χ0v) is 10.7. The van der Waals surface area contributed by atoms with Gasteiger partial charge in [0.05, 0.1) is 0 Å². The molecule has 0 aliphatic heterocycles. The van der Waals surface area contributed by atoms with Gasteiger partial charge in [-0.1, -0.05) is 31.5 Å². The Morgan fingerprint density at radius 3 is 2.25 bits per heavy atom. The molecule has 0 unspecified atom stereocenters. The van der Waals surface area contributed by atoms with Gasteiger partial charge in [0.15, 0.2) is 0 Å². The molecule has 0 heterocycles. The van der Waals surface area contributed by atoms with Gasteiger partial charge in [-0.3, -0.25) is 0 Å². The van der Waals surface area contributed by atoms with Crippen LogP contribution in [0.25, 0.3) is 0 Å². The molecule has 0 bridgehead atoms. The first-order valence-corrected chi connectivity index (χ1v) is 6.15. The van der Waals surface area contributed by atoms with Crippen LogP contribution >= 0.6 is 0 Å². The molecule has 2 nitrogen and oxygen atoms in total. The smallest absolute Gasteiger partial charge is 0.0366 e. The monoisotopic (exact) mass is 220 g/mol. The van der Waals surface area contributed by atoms with Crippen molar-refractivity contribution in [1.29, 1.82) is 0 Å². The molecular weight excluding hydrogens is 196 g/mol. The molecule has 0 atom stereocenters. The molecule has 0 radical (unpaired) electrons. The SMILES string of the molecule is Cc1ccc(N(CCN)CCC(C)C)cc1. The maximum atomic E-state index is 5.66. The molecule has 1 aromatic carbocycles. The van der Waals surface area contributed by atoms with Crippen molar-refractivity contribution in [3.8, 4) is 0 Å². The van der Waals surface area contributed by atoms with Gasteiger partial charge in [-0.15, -0.1) is 0 Å². The summed E-state index contributed by atoms with van der Waals surface area (Å²) in [5.74, 6) is 0.741. The van der Waals surface area contributed by atoms with Crippen molar-refractivity contribution in [3.05, 3.63) is 29.8 Å². The van der Waals surface area contributed by atoms with Crippen LogP contribution in [-0.4, -0.2) is 19.6 Å². The zero-order valence-electron chi connectivity index (χ0n) is 10.7. The molecule has 1 rings (SSSR count). The van der Waals surface area contributed by atoms with E-state index in [1.165, 1.54) is 17.7 Å². The lowest BCUT2D eigenvalue weighted by molar-refractivity contribution is 0.573. The van der Waals surface area contributed by atoms with Crippen molar-refractivity contribution in [2.24, 2.45) is 11.7 Å². The van der Waals surface area contributed by atoms with Gasteiger partial charge in [-0.2, -0.15) is 0 Å². The summed E-state index contributed by atoms with van der Waals surface area (Å²) in [5.41, 5.74) is 8.26. The summed E-state index contributed by atoms with van der Waals surface area (Å²) in [6.45, 7) is 9.39. The highest BCUT2D eigenvalue weighted by molar-refractivity contribution is 5.47. The number of hydrogen-bond donors (Lipinski definition) is 1. The van der Waals surface area contributed by atoms with E-state index >= 15 is 0 Å². The van der Waals surface area contributed by atoms with E-state index in [-0.39, 0.29) is 0 Å². The van der Waals surface area contributed by atoms with Crippen LogP contribution in [0.5, 0.6) is 0 Å². The Labute approximate surface area is 99.5 Å². The number of benzene rings is 1. The standard InChI is InChI=1S/C14H24N2/c1-12(2)8-10-16(11-9-15)14-6-4-13(3)5-7-14/h4-7,12H,8-11,15H2,1-3H3. The van der Waals surface area contributed by atoms with Gasteiger partial charge in [0, 0.05) is 25.3 Å². The second-order valence-electron chi connectivity index (χ2n) is 4.79. The molecule has 0 aliphatic rings. The van der Waals surface area contributed by atoms with Gasteiger partial charge >= 0.3 is 0 Å². The molecule has 0 spiro atoms. The summed E-state index contributed by atoms with van der Waals surface area (Å²) < 4.78 is 0. The molecule has 90 valence electrons. The highest BCUT2D eigenvalue weighted by atomic mass is 15.1. The third-order valence-electron chi connectivity index (χ3n) is 2.77. The lowest BCUT2D eigenvalue weighted by Crippen LogP contribution is -2.30. The number of rotatable bonds is 6. The Morgan fingerprint density at radius 2 is 1.75 bits per heavy atom. The van der Waals surface area contributed by atoms with Crippen molar-refractivity contribution in [2.75, 3.05) is 24.5 Å².